The summed E-state index contributed by atoms with van der Waals surface area (Å²) < 4.78 is 38.0. The maximum atomic E-state index is 13.9. The molecule has 0 spiro atoms. The molecule has 5 heteroatoms. The van der Waals surface area contributed by atoms with E-state index in [1.165, 1.54) is 6.07 Å². The molecule has 1 atom stereocenters. The van der Waals surface area contributed by atoms with Crippen LogP contribution in [-0.4, -0.2) is 25.4 Å². The standard InChI is InChI=1S/C14H19F2NO2/c1-9(2)17-7-10-5-11(15)6-13(16)14(10)19-12-3-4-18-8-12/h5-6,9,12,17H,3-4,7-8H2,1-2H3. The first-order valence-corrected chi connectivity index (χ1v) is 6.52. The minimum Gasteiger partial charge on any atom is -0.485 e. The molecule has 1 N–H and O–H groups in total. The van der Waals surface area contributed by atoms with E-state index in [4.69, 9.17) is 9.47 Å². The predicted molar refractivity (Wildman–Crippen MR) is 68.2 cm³/mol. The number of hydrogen-bond acceptors (Lipinski definition) is 3. The van der Waals surface area contributed by atoms with E-state index in [0.717, 1.165) is 12.5 Å². The van der Waals surface area contributed by atoms with Gasteiger partial charge in [-0.3, -0.25) is 0 Å². The van der Waals surface area contributed by atoms with Crippen molar-refractivity contribution in [2.45, 2.75) is 39.0 Å². The highest BCUT2D eigenvalue weighted by Crippen LogP contribution is 2.27. The Morgan fingerprint density at radius 1 is 1.42 bits per heavy atom. The fourth-order valence-corrected chi connectivity index (χ4v) is 1.96. The Kier molecular flexibility index (Phi) is 4.71. The van der Waals surface area contributed by atoms with Crippen LogP contribution in [0.3, 0.4) is 0 Å². The minimum absolute atomic E-state index is 0.130. The van der Waals surface area contributed by atoms with Gasteiger partial charge in [-0.15, -0.1) is 0 Å². The Balaban J connectivity index is 2.17. The summed E-state index contributed by atoms with van der Waals surface area (Å²) in [5.74, 6) is -1.12. The average molecular weight is 271 g/mol. The van der Waals surface area contributed by atoms with Crippen LogP contribution in [0.5, 0.6) is 5.75 Å². The molecule has 0 bridgehead atoms. The molecule has 1 unspecified atom stereocenters. The van der Waals surface area contributed by atoms with Crippen LogP contribution in [-0.2, 0) is 11.3 Å². The number of benzene rings is 1. The van der Waals surface area contributed by atoms with Gasteiger partial charge in [0, 0.05) is 30.6 Å². The number of rotatable bonds is 5. The van der Waals surface area contributed by atoms with E-state index in [1.807, 2.05) is 13.8 Å². The summed E-state index contributed by atoms with van der Waals surface area (Å²) in [7, 11) is 0. The summed E-state index contributed by atoms with van der Waals surface area (Å²) in [5, 5.41) is 3.14. The summed E-state index contributed by atoms with van der Waals surface area (Å²) in [6, 6.07) is 2.39. The molecule has 1 fully saturated rings. The first kappa shape index (κ1) is 14.2. The Morgan fingerprint density at radius 3 is 2.84 bits per heavy atom. The number of nitrogens with one attached hydrogen (secondary N) is 1. The van der Waals surface area contributed by atoms with Gasteiger partial charge in [0.25, 0.3) is 0 Å². The van der Waals surface area contributed by atoms with Gasteiger partial charge in [-0.25, -0.2) is 8.78 Å². The fourth-order valence-electron chi connectivity index (χ4n) is 1.96. The van der Waals surface area contributed by atoms with Crippen molar-refractivity contribution in [2.75, 3.05) is 13.2 Å². The molecule has 2 rings (SSSR count). The molecule has 1 aliphatic heterocycles. The molecule has 19 heavy (non-hydrogen) atoms. The van der Waals surface area contributed by atoms with E-state index < -0.39 is 11.6 Å². The van der Waals surface area contributed by atoms with E-state index in [2.05, 4.69) is 5.32 Å². The predicted octanol–water partition coefficient (Wildman–Crippen LogP) is 2.63. The van der Waals surface area contributed by atoms with Crippen LogP contribution in [0.4, 0.5) is 8.78 Å². The third kappa shape index (κ3) is 3.88. The second kappa shape index (κ2) is 6.30. The van der Waals surface area contributed by atoms with Crippen molar-refractivity contribution in [1.29, 1.82) is 0 Å². The molecule has 3 nitrogen and oxygen atoms in total. The van der Waals surface area contributed by atoms with E-state index in [1.54, 1.807) is 0 Å². The lowest BCUT2D eigenvalue weighted by molar-refractivity contribution is 0.137. The van der Waals surface area contributed by atoms with Gasteiger partial charge in [0.1, 0.15) is 11.9 Å². The van der Waals surface area contributed by atoms with Gasteiger partial charge in [0.05, 0.1) is 13.2 Å². The largest absolute Gasteiger partial charge is 0.485 e. The number of hydrogen-bond donors (Lipinski definition) is 1. The molecule has 0 radical (unpaired) electrons. The molecule has 0 aliphatic carbocycles. The van der Waals surface area contributed by atoms with Gasteiger partial charge >= 0.3 is 0 Å². The maximum absolute atomic E-state index is 13.9. The molecule has 0 aromatic heterocycles. The molecular formula is C14H19F2NO2. The molecule has 1 aliphatic rings. The monoisotopic (exact) mass is 271 g/mol. The SMILES string of the molecule is CC(C)NCc1cc(F)cc(F)c1OC1CCOC1. The first-order chi connectivity index (χ1) is 9.06. The van der Waals surface area contributed by atoms with Crippen molar-refractivity contribution in [3.05, 3.63) is 29.3 Å². The minimum atomic E-state index is -0.660. The zero-order valence-electron chi connectivity index (χ0n) is 11.2. The molecule has 106 valence electrons. The second-order valence-corrected chi connectivity index (χ2v) is 5.01. The zero-order chi connectivity index (χ0) is 13.8. The lowest BCUT2D eigenvalue weighted by atomic mass is 10.1. The third-order valence-corrected chi connectivity index (χ3v) is 2.96. The van der Waals surface area contributed by atoms with Gasteiger partial charge in [0.2, 0.25) is 0 Å². The lowest BCUT2D eigenvalue weighted by Crippen LogP contribution is -2.24. The lowest BCUT2D eigenvalue weighted by Gasteiger charge is -2.17. The highest BCUT2D eigenvalue weighted by molar-refractivity contribution is 5.36. The molecule has 0 amide bonds. The Hall–Kier alpha value is -1.20. The summed E-state index contributed by atoms with van der Waals surface area (Å²) in [6.45, 7) is 5.39. The topological polar surface area (TPSA) is 30.5 Å². The fraction of sp³-hybridized carbons (Fsp3) is 0.571. The Labute approximate surface area is 111 Å². The highest BCUT2D eigenvalue weighted by Gasteiger charge is 2.21. The molecular weight excluding hydrogens is 252 g/mol. The first-order valence-electron chi connectivity index (χ1n) is 6.52. The van der Waals surface area contributed by atoms with Crippen LogP contribution in [0, 0.1) is 11.6 Å². The van der Waals surface area contributed by atoms with Crippen molar-refractivity contribution in [3.8, 4) is 5.75 Å². The molecule has 1 saturated heterocycles. The van der Waals surface area contributed by atoms with Crippen LogP contribution in [0.1, 0.15) is 25.8 Å². The van der Waals surface area contributed by atoms with Crippen LogP contribution < -0.4 is 10.1 Å². The van der Waals surface area contributed by atoms with Crippen LogP contribution in [0.2, 0.25) is 0 Å². The zero-order valence-corrected chi connectivity index (χ0v) is 11.2. The van der Waals surface area contributed by atoms with Crippen molar-refractivity contribution in [2.24, 2.45) is 0 Å². The van der Waals surface area contributed by atoms with E-state index in [9.17, 15) is 8.78 Å². The quantitative estimate of drug-likeness (QED) is 0.893. The molecule has 1 heterocycles. The summed E-state index contributed by atoms with van der Waals surface area (Å²) in [5.41, 5.74) is 0.498. The molecule has 1 aromatic carbocycles. The highest BCUT2D eigenvalue weighted by atomic mass is 19.1. The van der Waals surface area contributed by atoms with Gasteiger partial charge in [-0.05, 0) is 6.07 Å². The van der Waals surface area contributed by atoms with Crippen molar-refractivity contribution in [1.82, 2.24) is 5.32 Å². The average Bonchev–Trinajstić information content (AvgIpc) is 2.83. The second-order valence-electron chi connectivity index (χ2n) is 5.01. The van der Waals surface area contributed by atoms with Crippen LogP contribution in [0.25, 0.3) is 0 Å². The molecule has 1 aromatic rings. The van der Waals surface area contributed by atoms with Gasteiger partial charge in [-0.1, -0.05) is 13.8 Å². The smallest absolute Gasteiger partial charge is 0.168 e. The maximum Gasteiger partial charge on any atom is 0.168 e. The van der Waals surface area contributed by atoms with Gasteiger partial charge < -0.3 is 14.8 Å². The van der Waals surface area contributed by atoms with Crippen LogP contribution >= 0.6 is 0 Å². The number of ether oxygens (including phenoxy) is 2. The molecule has 0 saturated carbocycles. The number of halogens is 2. The Morgan fingerprint density at radius 2 is 2.21 bits per heavy atom. The van der Waals surface area contributed by atoms with E-state index in [0.29, 0.717) is 25.3 Å². The van der Waals surface area contributed by atoms with Crippen LogP contribution in [0.15, 0.2) is 12.1 Å². The summed E-state index contributed by atoms with van der Waals surface area (Å²) in [4.78, 5) is 0. The van der Waals surface area contributed by atoms with Gasteiger partial charge in [0.15, 0.2) is 11.6 Å². The van der Waals surface area contributed by atoms with E-state index >= 15 is 0 Å². The summed E-state index contributed by atoms with van der Waals surface area (Å²) in [6.07, 6.45) is 0.575. The van der Waals surface area contributed by atoms with Crippen molar-refractivity contribution >= 4 is 0 Å². The van der Waals surface area contributed by atoms with Gasteiger partial charge in [-0.2, -0.15) is 0 Å². The summed E-state index contributed by atoms with van der Waals surface area (Å²) >= 11 is 0. The Bertz CT molecular complexity index is 432. The van der Waals surface area contributed by atoms with Crippen molar-refractivity contribution < 1.29 is 18.3 Å². The van der Waals surface area contributed by atoms with Crippen molar-refractivity contribution in [3.63, 3.8) is 0 Å². The van der Waals surface area contributed by atoms with E-state index in [-0.39, 0.29) is 17.9 Å². The normalized spacial score (nSPS) is 19.1. The third-order valence-electron chi connectivity index (χ3n) is 2.96.